The van der Waals surface area contributed by atoms with Gasteiger partial charge in [-0.2, -0.15) is 0 Å². The fourth-order valence-corrected chi connectivity index (χ4v) is 3.13. The molecule has 0 saturated heterocycles. The Kier molecular flexibility index (Phi) is 5.00. The van der Waals surface area contributed by atoms with Crippen LogP contribution in [0.1, 0.15) is 5.56 Å². The fraction of sp³-hybridized carbons (Fsp3) is 0.133. The quantitative estimate of drug-likeness (QED) is 0.513. The Balaban J connectivity index is 1.77. The fourth-order valence-electron chi connectivity index (χ4n) is 1.49. The zero-order valence-electron chi connectivity index (χ0n) is 9.99. The van der Waals surface area contributed by atoms with Crippen molar-refractivity contribution in [3.05, 3.63) is 60.2 Å². The van der Waals surface area contributed by atoms with Gasteiger partial charge in [0.25, 0.3) is 0 Å². The number of aliphatic imine (C=N–C) groups is 1. The molecule has 18 heavy (non-hydrogen) atoms. The summed E-state index contributed by atoms with van der Waals surface area (Å²) in [7, 11) is 0. The summed E-state index contributed by atoms with van der Waals surface area (Å²) < 4.78 is 1.41. The summed E-state index contributed by atoms with van der Waals surface area (Å²) in [5, 5.41) is 10.6. The monoisotopic (exact) mass is 305 g/mol. The molecule has 0 saturated carbocycles. The third-order valence-corrected chi connectivity index (χ3v) is 4.48. The molecule has 0 heterocycles. The molecule has 0 spiro atoms. The first-order chi connectivity index (χ1) is 8.86. The van der Waals surface area contributed by atoms with E-state index in [0.29, 0.717) is 15.0 Å². The Morgan fingerprint density at radius 1 is 1.00 bits per heavy atom. The summed E-state index contributed by atoms with van der Waals surface area (Å²) in [5.41, 5.74) is 0.782. The van der Waals surface area contributed by atoms with E-state index in [1.807, 2.05) is 24.3 Å². The molecule has 0 bridgehead atoms. The SMILES string of the molecule is Oc1ccccc1C=NCC[Se]c1ccccc1. The number of aromatic hydroxyl groups is 1. The van der Waals surface area contributed by atoms with Crippen LogP contribution in [0, 0.1) is 0 Å². The molecule has 0 aliphatic rings. The second-order valence-corrected chi connectivity index (χ2v) is 6.21. The number of nitrogens with zero attached hydrogens (tertiary/aromatic N) is 1. The van der Waals surface area contributed by atoms with Gasteiger partial charge in [-0.3, -0.25) is 0 Å². The molecule has 2 rings (SSSR count). The van der Waals surface area contributed by atoms with Crippen LogP contribution < -0.4 is 4.46 Å². The Morgan fingerprint density at radius 3 is 2.50 bits per heavy atom. The van der Waals surface area contributed by atoms with E-state index < -0.39 is 0 Å². The molecule has 0 aliphatic carbocycles. The first-order valence-corrected chi connectivity index (χ1v) is 7.89. The molecule has 0 unspecified atom stereocenters. The zero-order valence-corrected chi connectivity index (χ0v) is 11.7. The van der Waals surface area contributed by atoms with Gasteiger partial charge in [-0.05, 0) is 0 Å². The van der Waals surface area contributed by atoms with Crippen molar-refractivity contribution < 1.29 is 5.11 Å². The second kappa shape index (κ2) is 7.00. The molecule has 2 nitrogen and oxygen atoms in total. The Bertz CT molecular complexity index is 511. The standard InChI is InChI=1S/C15H15NOSe/c17-15-9-5-4-6-13(15)12-16-10-11-18-14-7-2-1-3-8-14/h1-9,12,17H,10-11H2. The van der Waals surface area contributed by atoms with Gasteiger partial charge in [0.2, 0.25) is 0 Å². The molecule has 2 aromatic rings. The molecular formula is C15H15NOSe. The van der Waals surface area contributed by atoms with Crippen LogP contribution in [-0.2, 0) is 0 Å². The molecule has 0 aliphatic heterocycles. The Morgan fingerprint density at radius 2 is 1.72 bits per heavy atom. The number of para-hydroxylation sites is 1. The van der Waals surface area contributed by atoms with Crippen LogP contribution in [-0.4, -0.2) is 32.8 Å². The van der Waals surface area contributed by atoms with Gasteiger partial charge in [0, 0.05) is 0 Å². The number of benzene rings is 2. The summed E-state index contributed by atoms with van der Waals surface area (Å²) in [6.45, 7) is 0.809. The summed E-state index contributed by atoms with van der Waals surface area (Å²) in [5.74, 6) is 0.287. The third kappa shape index (κ3) is 4.02. The first kappa shape index (κ1) is 12.9. The molecule has 0 fully saturated rings. The van der Waals surface area contributed by atoms with Crippen molar-refractivity contribution in [1.29, 1.82) is 0 Å². The van der Waals surface area contributed by atoms with Crippen molar-refractivity contribution in [2.45, 2.75) is 5.32 Å². The van der Waals surface area contributed by atoms with Crippen LogP contribution in [0.15, 0.2) is 59.6 Å². The van der Waals surface area contributed by atoms with E-state index in [0.717, 1.165) is 17.4 Å². The van der Waals surface area contributed by atoms with Crippen molar-refractivity contribution in [3.8, 4) is 5.75 Å². The minimum absolute atomic E-state index is 0.287. The summed E-state index contributed by atoms with van der Waals surface area (Å²) >= 11 is 0.483. The van der Waals surface area contributed by atoms with E-state index in [1.54, 1.807) is 12.3 Å². The van der Waals surface area contributed by atoms with Crippen LogP contribution in [0.4, 0.5) is 0 Å². The maximum atomic E-state index is 9.56. The van der Waals surface area contributed by atoms with Crippen LogP contribution >= 0.6 is 0 Å². The van der Waals surface area contributed by atoms with E-state index in [2.05, 4.69) is 29.3 Å². The molecule has 92 valence electrons. The second-order valence-electron chi connectivity index (χ2n) is 3.76. The van der Waals surface area contributed by atoms with Crippen molar-refractivity contribution in [1.82, 2.24) is 0 Å². The average Bonchev–Trinajstić information content (AvgIpc) is 2.42. The molecule has 0 radical (unpaired) electrons. The van der Waals surface area contributed by atoms with E-state index in [4.69, 9.17) is 0 Å². The Labute approximate surface area is 114 Å². The molecule has 0 amide bonds. The molecular weight excluding hydrogens is 289 g/mol. The molecule has 2 aromatic carbocycles. The maximum absolute atomic E-state index is 9.56. The number of phenolic OH excluding ortho intramolecular Hbond substituents is 1. The molecule has 0 aromatic heterocycles. The van der Waals surface area contributed by atoms with E-state index >= 15 is 0 Å². The van der Waals surface area contributed by atoms with Crippen molar-refractivity contribution in [2.75, 3.05) is 6.54 Å². The van der Waals surface area contributed by atoms with Crippen LogP contribution in [0.25, 0.3) is 0 Å². The van der Waals surface area contributed by atoms with Crippen LogP contribution in [0.3, 0.4) is 0 Å². The van der Waals surface area contributed by atoms with E-state index in [9.17, 15) is 5.11 Å². The van der Waals surface area contributed by atoms with Gasteiger partial charge >= 0.3 is 114 Å². The molecule has 0 atom stereocenters. The van der Waals surface area contributed by atoms with Gasteiger partial charge in [0.15, 0.2) is 0 Å². The first-order valence-electron chi connectivity index (χ1n) is 5.82. The summed E-state index contributed by atoms with van der Waals surface area (Å²) in [6, 6.07) is 17.7. The van der Waals surface area contributed by atoms with E-state index in [-0.39, 0.29) is 5.75 Å². The number of phenols is 1. The van der Waals surface area contributed by atoms with Crippen LogP contribution in [0.2, 0.25) is 5.32 Å². The third-order valence-electron chi connectivity index (χ3n) is 2.40. The van der Waals surface area contributed by atoms with Gasteiger partial charge in [0.1, 0.15) is 0 Å². The predicted molar refractivity (Wildman–Crippen MR) is 77.2 cm³/mol. The van der Waals surface area contributed by atoms with Gasteiger partial charge < -0.3 is 0 Å². The number of rotatable bonds is 5. The number of hydrogen-bond acceptors (Lipinski definition) is 2. The molecule has 3 heteroatoms. The summed E-state index contributed by atoms with van der Waals surface area (Å²) in [6.07, 6.45) is 1.75. The minimum atomic E-state index is 0.287. The van der Waals surface area contributed by atoms with Gasteiger partial charge in [0.05, 0.1) is 0 Å². The zero-order chi connectivity index (χ0) is 12.6. The van der Waals surface area contributed by atoms with Gasteiger partial charge in [-0.15, -0.1) is 0 Å². The predicted octanol–water partition coefficient (Wildman–Crippen LogP) is 2.26. The molecule has 1 N–H and O–H groups in total. The van der Waals surface area contributed by atoms with Crippen molar-refractivity contribution >= 4 is 25.6 Å². The topological polar surface area (TPSA) is 32.6 Å². The Hall–Kier alpha value is -1.57. The van der Waals surface area contributed by atoms with Gasteiger partial charge in [-0.1, -0.05) is 0 Å². The van der Waals surface area contributed by atoms with E-state index in [1.165, 1.54) is 4.46 Å². The van der Waals surface area contributed by atoms with Crippen LogP contribution in [0.5, 0.6) is 5.75 Å². The number of hydrogen-bond donors (Lipinski definition) is 1. The van der Waals surface area contributed by atoms with Crippen molar-refractivity contribution in [2.24, 2.45) is 4.99 Å². The van der Waals surface area contributed by atoms with Crippen molar-refractivity contribution in [3.63, 3.8) is 0 Å². The normalized spacial score (nSPS) is 10.9. The van der Waals surface area contributed by atoms with Gasteiger partial charge in [-0.25, -0.2) is 0 Å². The average molecular weight is 304 g/mol. The summed E-state index contributed by atoms with van der Waals surface area (Å²) in [4.78, 5) is 4.35.